The molecule has 2 atom stereocenters. The summed E-state index contributed by atoms with van der Waals surface area (Å²) in [7, 11) is 1.65. The van der Waals surface area contributed by atoms with Gasteiger partial charge in [-0.2, -0.15) is 0 Å². The fourth-order valence-electron chi connectivity index (χ4n) is 2.36. The summed E-state index contributed by atoms with van der Waals surface area (Å²) in [6.07, 6.45) is 11.8. The molecule has 0 spiro atoms. The van der Waals surface area contributed by atoms with E-state index in [-0.39, 0.29) is 50.1 Å². The monoisotopic (exact) mass is 390 g/mol. The highest BCUT2D eigenvalue weighted by molar-refractivity contribution is 6.38. The fraction of sp³-hybridized carbons (Fsp3) is 0.600. The highest BCUT2D eigenvalue weighted by Gasteiger charge is 2.26. The zero-order valence-corrected chi connectivity index (χ0v) is 16.6. The molecule has 8 heteroatoms. The third-order valence-electron chi connectivity index (χ3n) is 4.10. The van der Waals surface area contributed by atoms with E-state index in [9.17, 15) is 19.2 Å². The van der Waals surface area contributed by atoms with Crippen LogP contribution in [0.2, 0.25) is 0 Å². The van der Waals surface area contributed by atoms with E-state index in [2.05, 4.69) is 22.5 Å². The largest absolute Gasteiger partial charge is 0.348 e. The normalized spacial score (nSPS) is 12.0. The van der Waals surface area contributed by atoms with Crippen molar-refractivity contribution in [2.24, 2.45) is 11.7 Å². The molecular weight excluding hydrogens is 360 g/mol. The van der Waals surface area contributed by atoms with Crippen molar-refractivity contribution in [2.45, 2.75) is 45.1 Å². The van der Waals surface area contributed by atoms with Crippen LogP contribution in [0.4, 0.5) is 0 Å². The molecule has 154 valence electrons. The second-order valence-electron chi connectivity index (χ2n) is 6.55. The smallest absolute Gasteiger partial charge is 0.289 e. The van der Waals surface area contributed by atoms with Gasteiger partial charge in [-0.15, -0.1) is 24.7 Å². The van der Waals surface area contributed by atoms with Crippen LogP contribution in [0, 0.1) is 30.6 Å². The number of hydrogen-bond donors (Lipinski definition) is 3. The molecule has 8 nitrogen and oxygen atoms in total. The highest BCUT2D eigenvalue weighted by atomic mass is 16.2. The van der Waals surface area contributed by atoms with Crippen LogP contribution in [0.3, 0.4) is 0 Å². The van der Waals surface area contributed by atoms with Crippen LogP contribution >= 0.6 is 0 Å². The Morgan fingerprint density at radius 3 is 2.32 bits per heavy atom. The van der Waals surface area contributed by atoms with Gasteiger partial charge in [-0.3, -0.25) is 19.2 Å². The highest BCUT2D eigenvalue weighted by Crippen LogP contribution is 2.09. The molecule has 0 saturated carbocycles. The zero-order chi connectivity index (χ0) is 21.5. The van der Waals surface area contributed by atoms with Crippen molar-refractivity contribution in [3.8, 4) is 24.7 Å². The van der Waals surface area contributed by atoms with Crippen LogP contribution in [0.15, 0.2) is 0 Å². The van der Waals surface area contributed by atoms with Crippen molar-refractivity contribution in [1.29, 1.82) is 0 Å². The predicted octanol–water partition coefficient (Wildman–Crippen LogP) is -0.573. The lowest BCUT2D eigenvalue weighted by Gasteiger charge is -2.20. The van der Waals surface area contributed by atoms with Gasteiger partial charge in [0.1, 0.15) is 0 Å². The number of carbonyl (C=O) groups excluding carboxylic acids is 4. The Labute approximate surface area is 167 Å². The third-order valence-corrected chi connectivity index (χ3v) is 4.10. The molecule has 0 aliphatic carbocycles. The molecule has 2 unspecified atom stereocenters. The Hall–Kier alpha value is -2.84. The van der Waals surface area contributed by atoms with Crippen LogP contribution in [0.1, 0.15) is 39.0 Å². The van der Waals surface area contributed by atoms with E-state index in [1.165, 1.54) is 4.90 Å². The van der Waals surface area contributed by atoms with E-state index in [0.29, 0.717) is 19.4 Å². The zero-order valence-electron chi connectivity index (χ0n) is 16.6. The quantitative estimate of drug-likeness (QED) is 0.221. The first-order valence-corrected chi connectivity index (χ1v) is 9.19. The lowest BCUT2D eigenvalue weighted by molar-refractivity contribution is -0.140. The summed E-state index contributed by atoms with van der Waals surface area (Å²) in [4.78, 5) is 49.4. The first kappa shape index (κ1) is 25.2. The maximum atomic E-state index is 12.3. The van der Waals surface area contributed by atoms with Gasteiger partial charge in [-0.05, 0) is 18.8 Å². The molecular formula is C20H30N4O4. The molecule has 0 saturated heterocycles. The van der Waals surface area contributed by atoms with Crippen molar-refractivity contribution in [3.05, 3.63) is 0 Å². The number of terminal acetylenes is 2. The lowest BCUT2D eigenvalue weighted by Crippen LogP contribution is -2.48. The van der Waals surface area contributed by atoms with Gasteiger partial charge in [-0.1, -0.05) is 6.92 Å². The topological polar surface area (TPSA) is 122 Å². The molecule has 4 N–H and O–H groups in total. The first-order valence-electron chi connectivity index (χ1n) is 9.19. The van der Waals surface area contributed by atoms with Gasteiger partial charge in [0.05, 0.1) is 12.6 Å². The van der Waals surface area contributed by atoms with E-state index in [0.717, 1.165) is 0 Å². The van der Waals surface area contributed by atoms with E-state index >= 15 is 0 Å². The van der Waals surface area contributed by atoms with Crippen molar-refractivity contribution in [2.75, 3.05) is 26.7 Å². The second-order valence-corrected chi connectivity index (χ2v) is 6.55. The Bertz CT molecular complexity index is 633. The van der Waals surface area contributed by atoms with E-state index in [1.807, 2.05) is 6.92 Å². The van der Waals surface area contributed by atoms with Crippen molar-refractivity contribution in [3.63, 3.8) is 0 Å². The minimum Gasteiger partial charge on any atom is -0.348 e. The molecule has 0 aromatic carbocycles. The van der Waals surface area contributed by atoms with Gasteiger partial charge in [0.25, 0.3) is 5.91 Å². The molecule has 0 heterocycles. The summed E-state index contributed by atoms with van der Waals surface area (Å²) in [6, 6.07) is -0.983. The van der Waals surface area contributed by atoms with Crippen molar-refractivity contribution < 1.29 is 19.2 Å². The molecule has 28 heavy (non-hydrogen) atoms. The molecule has 0 aromatic heterocycles. The third kappa shape index (κ3) is 10.3. The number of rotatable bonds is 13. The molecule has 0 aromatic rings. The number of hydrogen-bond acceptors (Lipinski definition) is 5. The van der Waals surface area contributed by atoms with Crippen molar-refractivity contribution in [1.82, 2.24) is 15.5 Å². The molecule has 0 aliphatic rings. The Balaban J connectivity index is 4.65. The fourth-order valence-corrected chi connectivity index (χ4v) is 2.36. The SMILES string of the molecule is C#CCCNC(=O)C(=O)C(CCC#C)NC(=O)CC(C)CCN(C)C(=O)CN. The average Bonchev–Trinajstić information content (AvgIpc) is 2.67. The van der Waals surface area contributed by atoms with Crippen LogP contribution in [-0.2, 0) is 19.2 Å². The molecule has 0 fully saturated rings. The minimum atomic E-state index is -0.983. The van der Waals surface area contributed by atoms with Crippen LogP contribution < -0.4 is 16.4 Å². The lowest BCUT2D eigenvalue weighted by atomic mass is 10.0. The summed E-state index contributed by atoms with van der Waals surface area (Å²) >= 11 is 0. The molecule has 3 amide bonds. The summed E-state index contributed by atoms with van der Waals surface area (Å²) in [5.74, 6) is 2.65. The van der Waals surface area contributed by atoms with E-state index in [1.54, 1.807) is 7.05 Å². The Kier molecular flexibility index (Phi) is 12.8. The first-order chi connectivity index (χ1) is 13.3. The second kappa shape index (κ2) is 14.2. The summed E-state index contributed by atoms with van der Waals surface area (Å²) in [5.41, 5.74) is 5.30. The Morgan fingerprint density at radius 2 is 1.75 bits per heavy atom. The molecule has 0 rings (SSSR count). The van der Waals surface area contributed by atoms with Gasteiger partial charge in [-0.25, -0.2) is 0 Å². The van der Waals surface area contributed by atoms with Crippen LogP contribution in [-0.4, -0.2) is 61.1 Å². The summed E-state index contributed by atoms with van der Waals surface area (Å²) < 4.78 is 0. The van der Waals surface area contributed by atoms with Gasteiger partial charge in [0.2, 0.25) is 17.6 Å². The molecule has 0 radical (unpaired) electrons. The number of ketones is 1. The van der Waals surface area contributed by atoms with E-state index < -0.39 is 17.7 Å². The average molecular weight is 390 g/mol. The van der Waals surface area contributed by atoms with Gasteiger partial charge in [0.15, 0.2) is 0 Å². The van der Waals surface area contributed by atoms with Crippen LogP contribution in [0.25, 0.3) is 0 Å². The van der Waals surface area contributed by atoms with Crippen LogP contribution in [0.5, 0.6) is 0 Å². The molecule has 0 aliphatic heterocycles. The van der Waals surface area contributed by atoms with Gasteiger partial charge in [0, 0.05) is 39.4 Å². The van der Waals surface area contributed by atoms with E-state index in [4.69, 9.17) is 18.6 Å². The van der Waals surface area contributed by atoms with Gasteiger partial charge < -0.3 is 21.3 Å². The Morgan fingerprint density at radius 1 is 1.11 bits per heavy atom. The number of likely N-dealkylation sites (N-methyl/N-ethyl adjacent to an activating group) is 1. The number of amides is 3. The number of nitrogens with two attached hydrogens (primary N) is 1. The van der Waals surface area contributed by atoms with Gasteiger partial charge >= 0.3 is 0 Å². The maximum Gasteiger partial charge on any atom is 0.289 e. The summed E-state index contributed by atoms with van der Waals surface area (Å²) in [6.45, 7) is 2.46. The summed E-state index contributed by atoms with van der Waals surface area (Å²) in [5, 5.41) is 5.01. The molecule has 0 bridgehead atoms. The van der Waals surface area contributed by atoms with Crippen molar-refractivity contribution >= 4 is 23.5 Å². The standard InChI is InChI=1S/C20H30N4O4/c1-5-7-9-16(19(27)20(28)22-11-8-6-2)23-17(25)13-15(3)10-12-24(4)18(26)14-21/h1-2,15-16H,7-14,21H2,3-4H3,(H,22,28)(H,23,25). The number of nitrogens with zero attached hydrogens (tertiary/aromatic N) is 1. The number of nitrogens with one attached hydrogen (secondary N) is 2. The predicted molar refractivity (Wildman–Crippen MR) is 107 cm³/mol. The number of Topliss-reactive ketones (excluding diaryl/α,β-unsaturated/α-hetero) is 1. The minimum absolute atomic E-state index is 0.0270. The maximum absolute atomic E-state index is 12.3. The number of carbonyl (C=O) groups is 4.